The normalized spacial score (nSPS) is 16.7. The Hall–Kier alpha value is -1.14. The number of hydrogen-bond acceptors (Lipinski definition) is 5. The number of likely N-dealkylation sites (tertiary alicyclic amines) is 1. The fourth-order valence-corrected chi connectivity index (χ4v) is 2.52. The van der Waals surface area contributed by atoms with Crippen molar-refractivity contribution in [1.82, 2.24) is 15.5 Å². The monoisotopic (exact) mass is 299 g/mol. The number of ether oxygens (including phenoxy) is 1. The van der Waals surface area contributed by atoms with Crippen molar-refractivity contribution in [3.8, 4) is 0 Å². The molecule has 0 saturated carbocycles. The number of rotatable bonds is 9. The molecule has 6 heteroatoms. The van der Waals surface area contributed by atoms with Crippen molar-refractivity contribution in [3.05, 3.63) is 0 Å². The molecule has 1 fully saturated rings. The number of methoxy groups -OCH3 is 1. The van der Waals surface area contributed by atoms with Crippen LogP contribution in [0.3, 0.4) is 0 Å². The van der Waals surface area contributed by atoms with Crippen LogP contribution in [0.5, 0.6) is 0 Å². The van der Waals surface area contributed by atoms with Crippen LogP contribution < -0.4 is 10.6 Å². The summed E-state index contributed by atoms with van der Waals surface area (Å²) in [5.74, 6) is 0.557. The van der Waals surface area contributed by atoms with E-state index in [2.05, 4.69) is 27.2 Å². The van der Waals surface area contributed by atoms with Gasteiger partial charge in [-0.1, -0.05) is 6.92 Å². The van der Waals surface area contributed by atoms with Crippen molar-refractivity contribution in [2.45, 2.75) is 32.6 Å². The molecule has 0 aromatic heterocycles. The minimum atomic E-state index is -0.230. The van der Waals surface area contributed by atoms with Crippen molar-refractivity contribution >= 4 is 11.9 Å². The molecule has 0 bridgehead atoms. The number of esters is 1. The van der Waals surface area contributed by atoms with Gasteiger partial charge >= 0.3 is 5.97 Å². The van der Waals surface area contributed by atoms with Gasteiger partial charge in [0.15, 0.2) is 0 Å². The Labute approximate surface area is 127 Å². The quantitative estimate of drug-likeness (QED) is 0.476. The van der Waals surface area contributed by atoms with Crippen LogP contribution in [0.25, 0.3) is 0 Å². The van der Waals surface area contributed by atoms with Gasteiger partial charge in [-0.05, 0) is 51.4 Å². The zero-order chi connectivity index (χ0) is 15.5. The van der Waals surface area contributed by atoms with Crippen molar-refractivity contribution in [1.29, 1.82) is 0 Å². The average molecular weight is 299 g/mol. The number of amides is 1. The molecule has 1 heterocycles. The van der Waals surface area contributed by atoms with Crippen LogP contribution in [0.1, 0.15) is 32.6 Å². The molecule has 1 saturated heterocycles. The van der Waals surface area contributed by atoms with Crippen LogP contribution in [0, 0.1) is 5.92 Å². The lowest BCUT2D eigenvalue weighted by Crippen LogP contribution is -2.43. The van der Waals surface area contributed by atoms with E-state index in [-0.39, 0.29) is 11.9 Å². The maximum atomic E-state index is 11.8. The molecule has 0 aliphatic carbocycles. The topological polar surface area (TPSA) is 70.7 Å². The first kappa shape index (κ1) is 17.9. The molecule has 122 valence electrons. The number of nitrogens with one attached hydrogen (secondary N) is 2. The Morgan fingerprint density at radius 3 is 2.62 bits per heavy atom. The molecule has 2 N–H and O–H groups in total. The van der Waals surface area contributed by atoms with Crippen LogP contribution in [0.2, 0.25) is 0 Å². The van der Waals surface area contributed by atoms with Gasteiger partial charge in [-0.3, -0.25) is 14.5 Å². The fraction of sp³-hybridized carbons (Fsp3) is 0.867. The Balaban J connectivity index is 2.06. The van der Waals surface area contributed by atoms with Crippen LogP contribution in [-0.4, -0.2) is 63.2 Å². The van der Waals surface area contributed by atoms with Crippen molar-refractivity contribution in [2.24, 2.45) is 5.92 Å². The SMILES string of the molecule is CCNCC1CCN(CC(=O)NCCCC(=O)OC)CC1. The molecular weight excluding hydrogens is 270 g/mol. The van der Waals surface area contributed by atoms with Crippen molar-refractivity contribution < 1.29 is 14.3 Å². The molecule has 1 rings (SSSR count). The minimum Gasteiger partial charge on any atom is -0.469 e. The number of piperidine rings is 1. The summed E-state index contributed by atoms with van der Waals surface area (Å²) in [4.78, 5) is 24.9. The van der Waals surface area contributed by atoms with E-state index in [1.165, 1.54) is 7.11 Å². The smallest absolute Gasteiger partial charge is 0.305 e. The Morgan fingerprint density at radius 1 is 1.29 bits per heavy atom. The van der Waals surface area contributed by atoms with E-state index < -0.39 is 0 Å². The van der Waals surface area contributed by atoms with Gasteiger partial charge in [0, 0.05) is 13.0 Å². The van der Waals surface area contributed by atoms with Crippen LogP contribution in [0.15, 0.2) is 0 Å². The first-order chi connectivity index (χ1) is 10.2. The summed E-state index contributed by atoms with van der Waals surface area (Å²) in [6, 6.07) is 0. The second-order valence-corrected chi connectivity index (χ2v) is 5.56. The lowest BCUT2D eigenvalue weighted by atomic mass is 9.97. The molecule has 0 atom stereocenters. The summed E-state index contributed by atoms with van der Waals surface area (Å²) in [7, 11) is 1.38. The second-order valence-electron chi connectivity index (χ2n) is 5.56. The first-order valence-electron chi connectivity index (χ1n) is 7.92. The third-order valence-corrected chi connectivity index (χ3v) is 3.86. The van der Waals surface area contributed by atoms with Crippen LogP contribution >= 0.6 is 0 Å². The van der Waals surface area contributed by atoms with E-state index in [0.29, 0.717) is 25.9 Å². The molecule has 0 radical (unpaired) electrons. The third-order valence-electron chi connectivity index (χ3n) is 3.86. The van der Waals surface area contributed by atoms with Crippen LogP contribution in [0.4, 0.5) is 0 Å². The van der Waals surface area contributed by atoms with E-state index in [1.807, 2.05) is 0 Å². The molecule has 21 heavy (non-hydrogen) atoms. The van der Waals surface area contributed by atoms with Crippen molar-refractivity contribution in [2.75, 3.05) is 46.4 Å². The van der Waals surface area contributed by atoms with Gasteiger partial charge < -0.3 is 15.4 Å². The summed E-state index contributed by atoms with van der Waals surface area (Å²) in [5.41, 5.74) is 0. The summed E-state index contributed by atoms with van der Waals surface area (Å²) < 4.78 is 4.55. The molecule has 6 nitrogen and oxygen atoms in total. The van der Waals surface area contributed by atoms with Gasteiger partial charge in [-0.15, -0.1) is 0 Å². The van der Waals surface area contributed by atoms with E-state index >= 15 is 0 Å². The highest BCUT2D eigenvalue weighted by molar-refractivity contribution is 5.78. The van der Waals surface area contributed by atoms with Crippen LogP contribution in [-0.2, 0) is 14.3 Å². The first-order valence-corrected chi connectivity index (χ1v) is 7.92. The van der Waals surface area contributed by atoms with Gasteiger partial charge in [-0.2, -0.15) is 0 Å². The standard InChI is InChI=1S/C15H29N3O3/c1-3-16-11-13-6-9-18(10-7-13)12-14(19)17-8-4-5-15(20)21-2/h13,16H,3-12H2,1-2H3,(H,17,19). The number of carbonyl (C=O) groups is 2. The van der Waals surface area contributed by atoms with E-state index in [0.717, 1.165) is 44.9 Å². The number of nitrogens with zero attached hydrogens (tertiary/aromatic N) is 1. The predicted octanol–water partition coefficient (Wildman–Crippen LogP) is 0.377. The molecule has 0 aromatic carbocycles. The minimum absolute atomic E-state index is 0.0463. The molecule has 0 aromatic rings. The van der Waals surface area contributed by atoms with Gasteiger partial charge in [0.05, 0.1) is 13.7 Å². The Bertz CT molecular complexity index is 315. The summed E-state index contributed by atoms with van der Waals surface area (Å²) in [6.07, 6.45) is 3.29. The lowest BCUT2D eigenvalue weighted by Gasteiger charge is -2.31. The highest BCUT2D eigenvalue weighted by Crippen LogP contribution is 2.15. The number of hydrogen-bond donors (Lipinski definition) is 2. The molecule has 1 aliphatic rings. The van der Waals surface area contributed by atoms with E-state index in [4.69, 9.17) is 0 Å². The van der Waals surface area contributed by atoms with Gasteiger partial charge in [0.1, 0.15) is 0 Å². The summed E-state index contributed by atoms with van der Waals surface area (Å²) >= 11 is 0. The average Bonchev–Trinajstić information content (AvgIpc) is 2.50. The fourth-order valence-electron chi connectivity index (χ4n) is 2.52. The molecule has 1 amide bonds. The highest BCUT2D eigenvalue weighted by atomic mass is 16.5. The summed E-state index contributed by atoms with van der Waals surface area (Å²) in [6.45, 7) is 7.21. The molecule has 0 unspecified atom stereocenters. The van der Waals surface area contributed by atoms with Crippen molar-refractivity contribution in [3.63, 3.8) is 0 Å². The largest absolute Gasteiger partial charge is 0.469 e. The number of carbonyl (C=O) groups excluding carboxylic acids is 2. The maximum Gasteiger partial charge on any atom is 0.305 e. The van der Waals surface area contributed by atoms with Gasteiger partial charge in [-0.25, -0.2) is 0 Å². The lowest BCUT2D eigenvalue weighted by molar-refractivity contribution is -0.140. The zero-order valence-electron chi connectivity index (χ0n) is 13.3. The Kier molecular flexibility index (Phi) is 9.01. The van der Waals surface area contributed by atoms with Gasteiger partial charge in [0.2, 0.25) is 5.91 Å². The molecular formula is C15H29N3O3. The molecule has 1 aliphatic heterocycles. The van der Waals surface area contributed by atoms with Gasteiger partial charge in [0.25, 0.3) is 0 Å². The maximum absolute atomic E-state index is 11.8. The zero-order valence-corrected chi connectivity index (χ0v) is 13.3. The van der Waals surface area contributed by atoms with E-state index in [9.17, 15) is 9.59 Å². The third kappa shape index (κ3) is 8.02. The summed E-state index contributed by atoms with van der Waals surface area (Å²) in [5, 5.41) is 6.24. The second kappa shape index (κ2) is 10.6. The predicted molar refractivity (Wildman–Crippen MR) is 82.0 cm³/mol. The Morgan fingerprint density at radius 2 is 2.00 bits per heavy atom. The van der Waals surface area contributed by atoms with E-state index in [1.54, 1.807) is 0 Å². The highest BCUT2D eigenvalue weighted by Gasteiger charge is 2.20. The molecule has 0 spiro atoms.